The third-order valence-corrected chi connectivity index (χ3v) is 8.17. The van der Waals surface area contributed by atoms with Gasteiger partial charge in [0.05, 0.1) is 5.69 Å². The van der Waals surface area contributed by atoms with Crippen molar-refractivity contribution < 1.29 is 0 Å². The number of hydrogen-bond acceptors (Lipinski definition) is 1. The fourth-order valence-corrected chi connectivity index (χ4v) is 6.33. The Morgan fingerprint density at radius 1 is 0.600 bits per heavy atom. The summed E-state index contributed by atoms with van der Waals surface area (Å²) in [6.45, 7) is 23.0. The fourth-order valence-electron chi connectivity index (χ4n) is 6.33. The number of aryl methyl sites for hydroxylation is 3. The Hall–Kier alpha value is -3.45. The first-order valence-electron chi connectivity index (χ1n) is 14.7. The van der Waals surface area contributed by atoms with Gasteiger partial charge in [-0.3, -0.25) is 4.98 Å². The molecule has 0 saturated carbocycles. The standard InChI is InChI=1S/C39H45N/c1-24-11-12-25(2)33(19-24)31-16-14-29-17-18-40-37(36(29)27(31)4)34-21-30-20-28(22-38(5,6)7)13-15-32(30)35(26(34)3)23-39(8,9)10/h11-21H,22-23H2,1-10H3. The Morgan fingerprint density at radius 2 is 1.32 bits per heavy atom. The molecule has 0 amide bonds. The second-order valence-corrected chi connectivity index (χ2v) is 14.4. The van der Waals surface area contributed by atoms with Gasteiger partial charge >= 0.3 is 0 Å². The van der Waals surface area contributed by atoms with Crippen LogP contribution in [0, 0.1) is 38.5 Å². The predicted octanol–water partition coefficient (Wildman–Crippen LogP) is 11.1. The smallest absolute Gasteiger partial charge is 0.0786 e. The lowest BCUT2D eigenvalue weighted by Gasteiger charge is -2.24. The first kappa shape index (κ1) is 28.1. The van der Waals surface area contributed by atoms with Crippen molar-refractivity contribution in [2.75, 3.05) is 0 Å². The predicted molar refractivity (Wildman–Crippen MR) is 175 cm³/mol. The largest absolute Gasteiger partial charge is 0.256 e. The van der Waals surface area contributed by atoms with Crippen molar-refractivity contribution >= 4 is 21.5 Å². The molecule has 206 valence electrons. The first-order valence-corrected chi connectivity index (χ1v) is 14.7. The molecule has 40 heavy (non-hydrogen) atoms. The third-order valence-electron chi connectivity index (χ3n) is 8.17. The van der Waals surface area contributed by atoms with E-state index in [1.54, 1.807) is 0 Å². The molecule has 5 aromatic rings. The molecule has 0 bridgehead atoms. The van der Waals surface area contributed by atoms with E-state index in [1.165, 1.54) is 71.6 Å². The van der Waals surface area contributed by atoms with Gasteiger partial charge in [0.15, 0.2) is 0 Å². The van der Waals surface area contributed by atoms with Crippen LogP contribution < -0.4 is 0 Å². The molecule has 0 radical (unpaired) electrons. The van der Waals surface area contributed by atoms with Crippen molar-refractivity contribution in [3.63, 3.8) is 0 Å². The van der Waals surface area contributed by atoms with Crippen molar-refractivity contribution in [3.05, 3.63) is 100 Å². The minimum absolute atomic E-state index is 0.179. The number of pyridine rings is 1. The van der Waals surface area contributed by atoms with Crippen LogP contribution >= 0.6 is 0 Å². The number of nitrogens with zero attached hydrogens (tertiary/aromatic N) is 1. The molecule has 0 aliphatic rings. The number of hydrogen-bond donors (Lipinski definition) is 0. The fraction of sp³-hybridized carbons (Fsp3) is 0.359. The Bertz CT molecular complexity index is 1740. The van der Waals surface area contributed by atoms with Crippen LogP contribution in [0.2, 0.25) is 0 Å². The molecule has 5 rings (SSSR count). The molecule has 0 atom stereocenters. The molecule has 1 nitrogen and oxygen atoms in total. The molecule has 0 unspecified atom stereocenters. The van der Waals surface area contributed by atoms with Gasteiger partial charge in [0, 0.05) is 17.1 Å². The number of fused-ring (bicyclic) bond motifs is 2. The Labute approximate surface area is 241 Å². The lowest BCUT2D eigenvalue weighted by atomic mass is 9.80. The van der Waals surface area contributed by atoms with Crippen LogP contribution in [0.1, 0.15) is 74.9 Å². The normalized spacial score (nSPS) is 12.4. The molecule has 0 spiro atoms. The summed E-state index contributed by atoms with van der Waals surface area (Å²) in [5, 5.41) is 5.21. The van der Waals surface area contributed by atoms with E-state index in [9.17, 15) is 0 Å². The molecular formula is C39H45N. The quantitative estimate of drug-likeness (QED) is 0.226. The lowest BCUT2D eigenvalue weighted by molar-refractivity contribution is 0.411. The van der Waals surface area contributed by atoms with Gasteiger partial charge in [-0.2, -0.15) is 0 Å². The average molecular weight is 528 g/mol. The molecule has 1 heterocycles. The minimum atomic E-state index is 0.179. The van der Waals surface area contributed by atoms with Crippen LogP contribution in [0.15, 0.2) is 66.9 Å². The van der Waals surface area contributed by atoms with Gasteiger partial charge in [-0.05, 0) is 119 Å². The summed E-state index contributed by atoms with van der Waals surface area (Å²) in [4.78, 5) is 5.10. The third kappa shape index (κ3) is 5.57. The SMILES string of the molecule is Cc1ccc(C)c(-c2ccc3ccnc(-c4cc5cc(CC(C)(C)C)ccc5c(CC(C)(C)C)c4C)c3c2C)c1. The summed E-state index contributed by atoms with van der Waals surface area (Å²) < 4.78 is 0. The van der Waals surface area contributed by atoms with E-state index in [2.05, 4.69) is 130 Å². The van der Waals surface area contributed by atoms with Gasteiger partial charge in [0.1, 0.15) is 0 Å². The highest BCUT2D eigenvalue weighted by Gasteiger charge is 2.22. The Balaban J connectivity index is 1.82. The van der Waals surface area contributed by atoms with Gasteiger partial charge in [-0.25, -0.2) is 0 Å². The molecule has 1 aromatic heterocycles. The van der Waals surface area contributed by atoms with E-state index in [1.807, 2.05) is 6.20 Å². The first-order chi connectivity index (χ1) is 18.7. The van der Waals surface area contributed by atoms with E-state index < -0.39 is 0 Å². The van der Waals surface area contributed by atoms with E-state index in [-0.39, 0.29) is 10.8 Å². The van der Waals surface area contributed by atoms with E-state index >= 15 is 0 Å². The van der Waals surface area contributed by atoms with Gasteiger partial charge in [-0.15, -0.1) is 0 Å². The molecular weight excluding hydrogens is 482 g/mol. The summed E-state index contributed by atoms with van der Waals surface area (Å²) in [5.74, 6) is 0. The van der Waals surface area contributed by atoms with Gasteiger partial charge in [0.25, 0.3) is 0 Å². The molecule has 0 saturated heterocycles. The zero-order valence-electron chi connectivity index (χ0n) is 26.2. The second-order valence-electron chi connectivity index (χ2n) is 14.4. The van der Waals surface area contributed by atoms with Crippen LogP contribution in [-0.4, -0.2) is 4.98 Å². The molecule has 4 aromatic carbocycles. The van der Waals surface area contributed by atoms with Crippen LogP contribution in [0.25, 0.3) is 43.9 Å². The highest BCUT2D eigenvalue weighted by molar-refractivity contribution is 6.03. The van der Waals surface area contributed by atoms with Crippen molar-refractivity contribution in [1.29, 1.82) is 0 Å². The van der Waals surface area contributed by atoms with E-state index in [0.29, 0.717) is 0 Å². The molecule has 0 N–H and O–H groups in total. The average Bonchev–Trinajstić information content (AvgIpc) is 2.85. The minimum Gasteiger partial charge on any atom is -0.256 e. The van der Waals surface area contributed by atoms with Crippen molar-refractivity contribution in [2.24, 2.45) is 10.8 Å². The highest BCUT2D eigenvalue weighted by atomic mass is 14.7. The molecule has 0 aliphatic carbocycles. The zero-order valence-corrected chi connectivity index (χ0v) is 26.2. The summed E-state index contributed by atoms with van der Waals surface area (Å²) in [6.07, 6.45) is 4.07. The van der Waals surface area contributed by atoms with Crippen molar-refractivity contribution in [2.45, 2.75) is 82.1 Å². The summed E-state index contributed by atoms with van der Waals surface area (Å²) in [6, 6.07) is 23.0. The van der Waals surface area contributed by atoms with E-state index in [0.717, 1.165) is 18.5 Å². The summed E-state index contributed by atoms with van der Waals surface area (Å²) >= 11 is 0. The van der Waals surface area contributed by atoms with Gasteiger partial charge in [-0.1, -0.05) is 95.6 Å². The van der Waals surface area contributed by atoms with Crippen molar-refractivity contribution in [3.8, 4) is 22.4 Å². The van der Waals surface area contributed by atoms with Crippen molar-refractivity contribution in [1.82, 2.24) is 4.98 Å². The van der Waals surface area contributed by atoms with Crippen LogP contribution in [0.5, 0.6) is 0 Å². The molecule has 1 heteroatoms. The number of benzene rings is 4. The Morgan fingerprint density at radius 3 is 2.02 bits per heavy atom. The maximum absolute atomic E-state index is 5.10. The van der Waals surface area contributed by atoms with Gasteiger partial charge < -0.3 is 0 Å². The summed E-state index contributed by atoms with van der Waals surface area (Å²) in [5.41, 5.74) is 13.5. The number of rotatable bonds is 4. The van der Waals surface area contributed by atoms with Crippen LogP contribution in [0.4, 0.5) is 0 Å². The maximum Gasteiger partial charge on any atom is 0.0786 e. The monoisotopic (exact) mass is 527 g/mol. The second kappa shape index (κ2) is 10.2. The summed E-state index contributed by atoms with van der Waals surface area (Å²) in [7, 11) is 0. The topological polar surface area (TPSA) is 12.9 Å². The van der Waals surface area contributed by atoms with Crippen LogP contribution in [-0.2, 0) is 12.8 Å². The van der Waals surface area contributed by atoms with E-state index in [4.69, 9.17) is 4.98 Å². The Kier molecular flexibility index (Phi) is 7.15. The van der Waals surface area contributed by atoms with Gasteiger partial charge in [0.2, 0.25) is 0 Å². The molecule has 0 fully saturated rings. The maximum atomic E-state index is 5.10. The lowest BCUT2D eigenvalue weighted by Crippen LogP contribution is -2.12. The number of aromatic nitrogens is 1. The highest BCUT2D eigenvalue weighted by Crippen LogP contribution is 2.41. The zero-order chi connectivity index (χ0) is 29.0. The molecule has 0 aliphatic heterocycles. The van der Waals surface area contributed by atoms with Crippen LogP contribution in [0.3, 0.4) is 0 Å².